The van der Waals surface area contributed by atoms with Crippen molar-refractivity contribution >= 4 is 21.9 Å². The summed E-state index contributed by atoms with van der Waals surface area (Å²) in [6.07, 6.45) is 0.0695. The molecule has 0 saturated heterocycles. The zero-order chi connectivity index (χ0) is 14.1. The van der Waals surface area contributed by atoms with Gasteiger partial charge < -0.3 is 9.84 Å². The molecule has 0 aliphatic rings. The number of aliphatic carboxylic acids is 1. The smallest absolute Gasteiger partial charge is 0.304 e. The Labute approximate surface area is 116 Å². The molecule has 0 heterocycles. The number of halogens is 1. The lowest BCUT2D eigenvalue weighted by Gasteiger charge is -2.29. The van der Waals surface area contributed by atoms with Gasteiger partial charge in [0.15, 0.2) is 0 Å². The third kappa shape index (κ3) is 2.86. The molecule has 1 rings (SSSR count). The number of benzene rings is 1. The SMILES string of the molecule is COc1c(C)cc(Br)c(C)c1C(C)(C)CC(=O)O. The third-order valence-electron chi connectivity index (χ3n) is 3.14. The fourth-order valence-corrected chi connectivity index (χ4v) is 2.94. The van der Waals surface area contributed by atoms with Crippen LogP contribution < -0.4 is 4.74 Å². The molecule has 0 bridgehead atoms. The molecule has 0 aliphatic heterocycles. The van der Waals surface area contributed by atoms with Crippen LogP contribution in [0.2, 0.25) is 0 Å². The van der Waals surface area contributed by atoms with Crippen LogP contribution in [0.3, 0.4) is 0 Å². The van der Waals surface area contributed by atoms with Crippen LogP contribution in [0.5, 0.6) is 5.75 Å². The number of aryl methyl sites for hydroxylation is 1. The highest BCUT2D eigenvalue weighted by Crippen LogP contribution is 2.41. The van der Waals surface area contributed by atoms with Crippen molar-refractivity contribution in [2.75, 3.05) is 7.11 Å². The minimum atomic E-state index is -0.806. The molecule has 100 valence electrons. The van der Waals surface area contributed by atoms with E-state index < -0.39 is 11.4 Å². The van der Waals surface area contributed by atoms with Gasteiger partial charge in [0.05, 0.1) is 13.5 Å². The average molecular weight is 315 g/mol. The number of ether oxygens (including phenoxy) is 1. The van der Waals surface area contributed by atoms with E-state index in [1.54, 1.807) is 7.11 Å². The third-order valence-corrected chi connectivity index (χ3v) is 3.96. The zero-order valence-corrected chi connectivity index (χ0v) is 13.0. The van der Waals surface area contributed by atoms with Gasteiger partial charge >= 0.3 is 5.97 Å². The minimum absolute atomic E-state index is 0.0695. The van der Waals surface area contributed by atoms with Gasteiger partial charge in [-0.2, -0.15) is 0 Å². The number of hydrogen-bond donors (Lipinski definition) is 1. The molecule has 1 aromatic carbocycles. The van der Waals surface area contributed by atoms with Crippen molar-refractivity contribution in [3.8, 4) is 5.75 Å². The molecular weight excluding hydrogens is 296 g/mol. The molecule has 0 amide bonds. The van der Waals surface area contributed by atoms with Gasteiger partial charge in [-0.25, -0.2) is 0 Å². The summed E-state index contributed by atoms with van der Waals surface area (Å²) in [6, 6.07) is 1.99. The predicted octanol–water partition coefficient (Wildman–Crippen LogP) is 3.83. The molecule has 0 spiro atoms. The van der Waals surface area contributed by atoms with Crippen LogP contribution in [0.25, 0.3) is 0 Å². The van der Waals surface area contributed by atoms with Gasteiger partial charge in [0.25, 0.3) is 0 Å². The Morgan fingerprint density at radius 1 is 1.44 bits per heavy atom. The van der Waals surface area contributed by atoms with Gasteiger partial charge in [0, 0.05) is 15.5 Å². The lowest BCUT2D eigenvalue weighted by molar-refractivity contribution is -0.138. The Morgan fingerprint density at radius 3 is 2.44 bits per heavy atom. The van der Waals surface area contributed by atoms with Crippen LogP contribution in [0, 0.1) is 13.8 Å². The molecule has 1 N–H and O–H groups in total. The molecule has 0 radical (unpaired) electrons. The monoisotopic (exact) mass is 314 g/mol. The first kappa shape index (κ1) is 15.0. The second kappa shape index (κ2) is 5.31. The first-order valence-electron chi connectivity index (χ1n) is 5.76. The van der Waals surface area contributed by atoms with Crippen LogP contribution in [0.15, 0.2) is 10.5 Å². The van der Waals surface area contributed by atoms with Gasteiger partial charge in [-0.1, -0.05) is 29.8 Å². The summed E-state index contributed by atoms with van der Waals surface area (Å²) < 4.78 is 6.45. The summed E-state index contributed by atoms with van der Waals surface area (Å²) in [4.78, 5) is 11.0. The largest absolute Gasteiger partial charge is 0.496 e. The van der Waals surface area contributed by atoms with E-state index in [2.05, 4.69) is 15.9 Å². The molecular formula is C14H19BrO3. The standard InChI is InChI=1S/C14H19BrO3/c1-8-6-10(15)9(2)12(13(8)18-5)14(3,4)7-11(16)17/h6H,7H2,1-5H3,(H,16,17). The van der Waals surface area contributed by atoms with Crippen LogP contribution in [-0.4, -0.2) is 18.2 Å². The second-order valence-corrected chi connectivity index (χ2v) is 6.02. The maximum absolute atomic E-state index is 11.0. The van der Waals surface area contributed by atoms with Crippen molar-refractivity contribution in [1.29, 1.82) is 0 Å². The van der Waals surface area contributed by atoms with Crippen LogP contribution in [0.1, 0.15) is 37.0 Å². The van der Waals surface area contributed by atoms with E-state index in [1.165, 1.54) is 0 Å². The summed E-state index contributed by atoms with van der Waals surface area (Å²) in [5, 5.41) is 9.05. The summed E-state index contributed by atoms with van der Waals surface area (Å²) in [7, 11) is 1.62. The van der Waals surface area contributed by atoms with Crippen LogP contribution >= 0.6 is 15.9 Å². The lowest BCUT2D eigenvalue weighted by atomic mass is 9.78. The average Bonchev–Trinajstić information content (AvgIpc) is 2.20. The normalized spacial score (nSPS) is 11.4. The highest BCUT2D eigenvalue weighted by Gasteiger charge is 2.30. The van der Waals surface area contributed by atoms with Gasteiger partial charge in [-0.3, -0.25) is 4.79 Å². The molecule has 0 saturated carbocycles. The summed E-state index contributed by atoms with van der Waals surface area (Å²) >= 11 is 3.52. The summed E-state index contributed by atoms with van der Waals surface area (Å²) in [5.41, 5.74) is 2.52. The second-order valence-electron chi connectivity index (χ2n) is 5.16. The fourth-order valence-electron chi connectivity index (χ4n) is 2.40. The number of carboxylic acids is 1. The molecule has 0 fully saturated rings. The Balaban J connectivity index is 3.51. The number of carboxylic acid groups (broad SMARTS) is 1. The van der Waals surface area contributed by atoms with E-state index in [9.17, 15) is 4.79 Å². The Hall–Kier alpha value is -1.03. The van der Waals surface area contributed by atoms with Gasteiger partial charge in [-0.15, -0.1) is 0 Å². The van der Waals surface area contributed by atoms with E-state index in [0.717, 1.165) is 26.9 Å². The van der Waals surface area contributed by atoms with Gasteiger partial charge in [-0.05, 0) is 31.0 Å². The van der Waals surface area contributed by atoms with Crippen LogP contribution in [-0.2, 0) is 10.2 Å². The summed E-state index contributed by atoms with van der Waals surface area (Å²) in [6.45, 7) is 7.80. The van der Waals surface area contributed by atoms with Gasteiger partial charge in [0.2, 0.25) is 0 Å². The molecule has 18 heavy (non-hydrogen) atoms. The fraction of sp³-hybridized carbons (Fsp3) is 0.500. The molecule has 0 aromatic heterocycles. The molecule has 0 atom stereocenters. The van der Waals surface area contributed by atoms with E-state index in [0.29, 0.717) is 0 Å². The highest BCUT2D eigenvalue weighted by molar-refractivity contribution is 9.10. The first-order valence-corrected chi connectivity index (χ1v) is 6.56. The Bertz CT molecular complexity index is 478. The van der Waals surface area contributed by atoms with E-state index in [4.69, 9.17) is 9.84 Å². The van der Waals surface area contributed by atoms with Crippen molar-refractivity contribution in [3.63, 3.8) is 0 Å². The lowest BCUT2D eigenvalue weighted by Crippen LogP contribution is -2.24. The maximum Gasteiger partial charge on any atom is 0.304 e. The van der Waals surface area contributed by atoms with Crippen molar-refractivity contribution in [2.24, 2.45) is 0 Å². The van der Waals surface area contributed by atoms with Crippen molar-refractivity contribution in [1.82, 2.24) is 0 Å². The Kier molecular flexibility index (Phi) is 4.43. The van der Waals surface area contributed by atoms with E-state index in [1.807, 2.05) is 33.8 Å². The molecule has 0 unspecified atom stereocenters. The number of hydrogen-bond acceptors (Lipinski definition) is 2. The first-order chi connectivity index (χ1) is 8.20. The molecule has 3 nitrogen and oxygen atoms in total. The van der Waals surface area contributed by atoms with Crippen molar-refractivity contribution in [2.45, 2.75) is 39.5 Å². The molecule has 1 aromatic rings. The predicted molar refractivity (Wildman–Crippen MR) is 75.4 cm³/mol. The van der Waals surface area contributed by atoms with Crippen molar-refractivity contribution < 1.29 is 14.6 Å². The highest BCUT2D eigenvalue weighted by atomic mass is 79.9. The minimum Gasteiger partial charge on any atom is -0.496 e. The summed E-state index contributed by atoms with van der Waals surface area (Å²) in [5.74, 6) is -0.0268. The quantitative estimate of drug-likeness (QED) is 0.918. The van der Waals surface area contributed by atoms with Gasteiger partial charge in [0.1, 0.15) is 5.75 Å². The van der Waals surface area contributed by atoms with E-state index >= 15 is 0 Å². The zero-order valence-electron chi connectivity index (χ0n) is 11.4. The Morgan fingerprint density at radius 2 is 2.00 bits per heavy atom. The number of rotatable bonds is 4. The molecule has 4 heteroatoms. The van der Waals surface area contributed by atoms with Crippen LogP contribution in [0.4, 0.5) is 0 Å². The molecule has 0 aliphatic carbocycles. The number of carbonyl (C=O) groups is 1. The van der Waals surface area contributed by atoms with Crippen molar-refractivity contribution in [3.05, 3.63) is 27.2 Å². The maximum atomic E-state index is 11.0. The van der Waals surface area contributed by atoms with E-state index in [-0.39, 0.29) is 6.42 Å². The topological polar surface area (TPSA) is 46.5 Å². The number of methoxy groups -OCH3 is 1.